The standard InChI is InChI=1S/C26H15.C2H4O2.Hg/c1-2-8-18(9-3-1)25-21-14-5-4-13-20(21)23-16-19-12-6-10-17-11-7-15-22(24(17)19)26(23)25;1-2(3)4;/h1-15H;1H3,(H,3,4);/q;;+1/p-1. The molecule has 0 N–H and O–H groups in total. The topological polar surface area (TPSA) is 26.3 Å². The van der Waals surface area contributed by atoms with E-state index in [0.717, 1.165) is 0 Å². The van der Waals surface area contributed by atoms with Crippen molar-refractivity contribution in [3.63, 3.8) is 0 Å². The minimum atomic E-state index is -2.17. The molecule has 1 aliphatic carbocycles. The summed E-state index contributed by atoms with van der Waals surface area (Å²) >= 11 is -2.17. The number of hydrogen-bond donors (Lipinski definition) is 0. The summed E-state index contributed by atoms with van der Waals surface area (Å²) in [6.45, 7) is 1.53. The van der Waals surface area contributed by atoms with E-state index in [2.05, 4.69) is 91.0 Å². The molecular formula is C28H18HgO2. The Morgan fingerprint density at radius 1 is 0.742 bits per heavy atom. The number of rotatable bonds is 3. The molecule has 0 spiro atoms. The van der Waals surface area contributed by atoms with Crippen molar-refractivity contribution in [1.29, 1.82) is 0 Å². The Labute approximate surface area is 193 Å². The predicted octanol–water partition coefficient (Wildman–Crippen LogP) is 5.13. The van der Waals surface area contributed by atoms with Crippen LogP contribution >= 0.6 is 0 Å². The Hall–Kier alpha value is -2.97. The Morgan fingerprint density at radius 2 is 1.42 bits per heavy atom. The van der Waals surface area contributed by atoms with Gasteiger partial charge in [-0.15, -0.1) is 0 Å². The summed E-state index contributed by atoms with van der Waals surface area (Å²) in [5, 5.41) is 6.33. The van der Waals surface area contributed by atoms with Gasteiger partial charge < -0.3 is 0 Å². The fourth-order valence-corrected chi connectivity index (χ4v) is 10.1. The Balaban J connectivity index is 1.88. The normalized spacial score (nSPS) is 12.0. The molecule has 3 heteroatoms. The fourth-order valence-electron chi connectivity index (χ4n) is 5.06. The van der Waals surface area contributed by atoms with Crippen LogP contribution < -0.4 is 8.29 Å². The molecule has 0 bridgehead atoms. The van der Waals surface area contributed by atoms with Crippen molar-refractivity contribution >= 4 is 36.2 Å². The van der Waals surface area contributed by atoms with E-state index in [9.17, 15) is 4.79 Å². The second-order valence-electron chi connectivity index (χ2n) is 8.00. The van der Waals surface area contributed by atoms with Crippen LogP contribution in [0.15, 0.2) is 91.0 Å². The molecule has 31 heavy (non-hydrogen) atoms. The van der Waals surface area contributed by atoms with Crippen molar-refractivity contribution in [2.45, 2.75) is 6.92 Å². The minimum absolute atomic E-state index is 0.166. The SMILES string of the molecule is CC(=O)[O][Hg][c]1c2c(c3cccc4cccc1c43)=C(c1ccccc1)c1ccccc1-2. The third kappa shape index (κ3) is 2.85. The molecule has 2 nitrogen and oxygen atoms in total. The second kappa shape index (κ2) is 7.31. The van der Waals surface area contributed by atoms with E-state index in [1.165, 1.54) is 64.6 Å². The van der Waals surface area contributed by atoms with Crippen molar-refractivity contribution in [3.8, 4) is 11.1 Å². The average molecular weight is 587 g/mol. The van der Waals surface area contributed by atoms with Gasteiger partial charge in [-0.25, -0.2) is 0 Å². The van der Waals surface area contributed by atoms with Crippen LogP contribution in [0.25, 0.3) is 38.2 Å². The summed E-state index contributed by atoms with van der Waals surface area (Å²) in [4.78, 5) is 11.8. The van der Waals surface area contributed by atoms with Crippen LogP contribution in [0.2, 0.25) is 0 Å². The van der Waals surface area contributed by atoms with Crippen LogP contribution in [0.3, 0.4) is 0 Å². The first-order valence-corrected chi connectivity index (χ1v) is 15.5. The first-order valence-electron chi connectivity index (χ1n) is 10.5. The first kappa shape index (κ1) is 18.8. The molecular weight excluding hydrogens is 569 g/mol. The molecule has 0 saturated carbocycles. The summed E-state index contributed by atoms with van der Waals surface area (Å²) in [5.41, 5.74) is 6.30. The second-order valence-corrected chi connectivity index (χ2v) is 13.0. The summed E-state index contributed by atoms with van der Waals surface area (Å²) < 4.78 is 7.09. The molecule has 144 valence electrons. The van der Waals surface area contributed by atoms with E-state index < -0.39 is 25.0 Å². The van der Waals surface area contributed by atoms with Gasteiger partial charge in [0.1, 0.15) is 0 Å². The van der Waals surface area contributed by atoms with Gasteiger partial charge in [0.15, 0.2) is 0 Å². The average Bonchev–Trinajstić information content (AvgIpc) is 3.15. The van der Waals surface area contributed by atoms with Gasteiger partial charge in [0.2, 0.25) is 0 Å². The molecule has 0 unspecified atom stereocenters. The predicted molar refractivity (Wildman–Crippen MR) is 122 cm³/mol. The molecule has 0 heterocycles. The molecule has 5 aromatic carbocycles. The molecule has 0 amide bonds. The zero-order valence-electron chi connectivity index (χ0n) is 17.2. The number of carbonyl (C=O) groups is 1. The van der Waals surface area contributed by atoms with Crippen molar-refractivity contribution in [2.24, 2.45) is 0 Å². The molecule has 0 atom stereocenters. The number of carbonyl (C=O) groups excluding carboxylic acids is 1. The zero-order valence-corrected chi connectivity index (χ0v) is 22.7. The molecule has 6 rings (SSSR count). The van der Waals surface area contributed by atoms with E-state index >= 15 is 0 Å². The van der Waals surface area contributed by atoms with Gasteiger partial charge in [-0.3, -0.25) is 0 Å². The Morgan fingerprint density at radius 3 is 2.16 bits per heavy atom. The van der Waals surface area contributed by atoms with E-state index in [0.29, 0.717) is 0 Å². The number of benzene rings is 5. The Bertz CT molecular complexity index is 1550. The van der Waals surface area contributed by atoms with Gasteiger partial charge >= 0.3 is 194 Å². The molecule has 0 aromatic heterocycles. The van der Waals surface area contributed by atoms with E-state index in [1.807, 2.05) is 0 Å². The van der Waals surface area contributed by atoms with Crippen molar-refractivity contribution in [2.75, 3.05) is 0 Å². The van der Waals surface area contributed by atoms with Gasteiger partial charge in [0.05, 0.1) is 0 Å². The number of fused-ring (bicyclic) bond motifs is 4. The van der Waals surface area contributed by atoms with Crippen molar-refractivity contribution in [3.05, 3.63) is 107 Å². The fraction of sp³-hybridized carbons (Fsp3) is 0.0357. The van der Waals surface area contributed by atoms with Crippen LogP contribution in [-0.4, -0.2) is 5.97 Å². The van der Waals surface area contributed by atoms with E-state index in [4.69, 9.17) is 2.64 Å². The summed E-state index contributed by atoms with van der Waals surface area (Å²) in [6.07, 6.45) is 0. The zero-order chi connectivity index (χ0) is 20.9. The van der Waals surface area contributed by atoms with Crippen LogP contribution in [-0.2, 0) is 32.5 Å². The maximum atomic E-state index is 11.8. The number of hydrogen-bond acceptors (Lipinski definition) is 2. The van der Waals surface area contributed by atoms with Crippen LogP contribution in [0.5, 0.6) is 0 Å². The first-order chi connectivity index (χ1) is 15.2. The molecule has 0 radical (unpaired) electrons. The quantitative estimate of drug-likeness (QED) is 0.269. The van der Waals surface area contributed by atoms with Gasteiger partial charge in [-0.1, -0.05) is 0 Å². The monoisotopic (exact) mass is 588 g/mol. The van der Waals surface area contributed by atoms with Crippen molar-refractivity contribution < 1.29 is 32.5 Å². The third-order valence-corrected chi connectivity index (χ3v) is 12.4. The molecule has 0 fully saturated rings. The maximum absolute atomic E-state index is 11.8. The Kier molecular flexibility index (Phi) is 4.43. The molecule has 0 saturated heterocycles. The summed E-state index contributed by atoms with van der Waals surface area (Å²) in [6, 6.07) is 32.4. The van der Waals surface area contributed by atoms with Crippen LogP contribution in [0.4, 0.5) is 0 Å². The molecule has 1 aliphatic rings. The van der Waals surface area contributed by atoms with Gasteiger partial charge in [-0.05, 0) is 0 Å². The van der Waals surface area contributed by atoms with Crippen molar-refractivity contribution in [1.82, 2.24) is 0 Å². The van der Waals surface area contributed by atoms with E-state index in [1.54, 1.807) is 0 Å². The van der Waals surface area contributed by atoms with Crippen LogP contribution in [0, 0.1) is 0 Å². The van der Waals surface area contributed by atoms with E-state index in [-0.39, 0.29) is 5.97 Å². The van der Waals surface area contributed by atoms with Gasteiger partial charge in [0, 0.05) is 0 Å². The summed E-state index contributed by atoms with van der Waals surface area (Å²) in [5.74, 6) is -0.166. The summed E-state index contributed by atoms with van der Waals surface area (Å²) in [7, 11) is 0. The van der Waals surface area contributed by atoms with Crippen LogP contribution in [0.1, 0.15) is 18.1 Å². The van der Waals surface area contributed by atoms with Gasteiger partial charge in [0.25, 0.3) is 0 Å². The molecule has 5 aromatic rings. The third-order valence-electron chi connectivity index (χ3n) is 6.25. The van der Waals surface area contributed by atoms with Gasteiger partial charge in [-0.2, -0.15) is 0 Å². The molecule has 0 aliphatic heterocycles.